The summed E-state index contributed by atoms with van der Waals surface area (Å²) in [7, 11) is -29.1. The van der Waals surface area contributed by atoms with Crippen molar-refractivity contribution in [3.05, 3.63) is 0 Å². The van der Waals surface area contributed by atoms with Crippen LogP contribution in [0, 0.1) is 0 Å². The maximum absolute atomic E-state index is 9.63. The molecule has 0 aliphatic rings. The third kappa shape index (κ3) is 72.9. The topological polar surface area (TPSA) is 449 Å². The molecule has 0 bridgehead atoms. The number of hydrogen-bond donors (Lipinski definition) is 9. The molecule has 37 heteroatoms. The van der Waals surface area contributed by atoms with Gasteiger partial charge in [-0.25, -0.2) is 0 Å². The number of nitrogens with one attached hydrogen (secondary N) is 3. The van der Waals surface area contributed by atoms with Gasteiger partial charge < -0.3 is 9.76 Å². The molecule has 0 aromatic heterocycles. The van der Waals surface area contributed by atoms with Crippen molar-refractivity contribution in [3.63, 3.8) is 0 Å². The van der Waals surface area contributed by atoms with Crippen LogP contribution < -0.4 is 106 Å². The number of rotatable bonds is 12. The van der Waals surface area contributed by atoms with E-state index >= 15 is 0 Å². The molecule has 0 spiro atoms. The van der Waals surface area contributed by atoms with Crippen LogP contribution in [0.3, 0.4) is 0 Å². The van der Waals surface area contributed by atoms with E-state index in [0.717, 1.165) is 16.9 Å². The summed E-state index contributed by atoms with van der Waals surface area (Å²) in [6.45, 7) is 0. The van der Waals surface area contributed by atoms with Crippen LogP contribution in [0.1, 0.15) is 4.28 Å². The summed E-state index contributed by atoms with van der Waals surface area (Å²) < 4.78 is 181. The summed E-state index contributed by atoms with van der Waals surface area (Å²) in [6.07, 6.45) is 0. The molecule has 0 aromatic rings. The van der Waals surface area contributed by atoms with Crippen molar-refractivity contribution in [2.45, 2.75) is 0 Å². The van der Waals surface area contributed by atoms with Crippen LogP contribution in [0.4, 0.5) is 0 Å². The molecule has 0 aliphatic carbocycles. The van der Waals surface area contributed by atoms with Gasteiger partial charge in [0.15, 0.2) is 0 Å². The zero-order valence-corrected chi connectivity index (χ0v) is 28.4. The first-order chi connectivity index (χ1) is 14.1. The second-order valence-electron chi connectivity index (χ2n) is 3.32. The predicted molar refractivity (Wildman–Crippen MR) is 92.2 cm³/mol. The van der Waals surface area contributed by atoms with Crippen LogP contribution >= 0.6 is 0 Å². The second-order valence-corrected chi connectivity index (χ2v) is 9.45. The van der Waals surface area contributed by atoms with Crippen molar-refractivity contribution in [1.82, 2.24) is 16.9 Å². The molecule has 0 rings (SSSR count). The average Bonchev–Trinajstić information content (AvgIpc) is 2.39. The SMILES string of the molecule is O.O=S(=O)(O)ONOS(=O)(=O)O.O=S(=O)(O)ONOS(=O)(=O)O.O=S(=O)(O)ONOS(=O)(=O)O.[H-].[H-].[H-].[Na+].[Na+].[Na+]. The summed E-state index contributed by atoms with van der Waals surface area (Å²) in [6, 6.07) is 0. The smallest absolute Gasteiger partial charge is 1.00 e. The molecule has 0 unspecified atom stereocenters. The molecular formula is H14N3Na3O25S6. The van der Waals surface area contributed by atoms with Crippen LogP contribution in [-0.2, 0) is 88.1 Å². The van der Waals surface area contributed by atoms with E-state index in [2.05, 4.69) is 25.7 Å². The van der Waals surface area contributed by atoms with Gasteiger partial charge in [-0.2, -0.15) is 50.5 Å². The first-order valence-electron chi connectivity index (χ1n) is 5.32. The Kier molecular flexibility index (Phi) is 35.1. The van der Waals surface area contributed by atoms with Crippen LogP contribution in [0.2, 0.25) is 0 Å². The van der Waals surface area contributed by atoms with Gasteiger partial charge in [0, 0.05) is 0 Å². The van der Waals surface area contributed by atoms with Crippen molar-refractivity contribution in [1.29, 1.82) is 0 Å². The fourth-order valence-electron chi connectivity index (χ4n) is 0.300. The zero-order valence-electron chi connectivity index (χ0n) is 20.5. The second kappa shape index (κ2) is 23.6. The predicted octanol–water partition coefficient (Wildman–Crippen LogP) is -15.3. The maximum Gasteiger partial charge on any atom is 1.00 e. The van der Waals surface area contributed by atoms with Crippen molar-refractivity contribution in [2.75, 3.05) is 0 Å². The Morgan fingerprint density at radius 2 is 0.432 bits per heavy atom. The zero-order chi connectivity index (χ0) is 27.4. The molecule has 28 nitrogen and oxygen atoms in total. The minimum absolute atomic E-state index is 0. The third-order valence-electron chi connectivity index (χ3n) is 0.836. The van der Waals surface area contributed by atoms with Gasteiger partial charge >= 0.3 is 151 Å². The average molecular weight is 717 g/mol. The number of hydrogen-bond acceptors (Lipinski definition) is 21. The van der Waals surface area contributed by atoms with Crippen molar-refractivity contribution in [3.8, 4) is 0 Å². The van der Waals surface area contributed by atoms with E-state index in [0.29, 0.717) is 0 Å². The molecule has 0 fully saturated rings. The Bertz CT molecular complexity index is 971. The van der Waals surface area contributed by atoms with E-state index in [9.17, 15) is 50.5 Å². The van der Waals surface area contributed by atoms with E-state index in [-0.39, 0.29) is 98.4 Å². The molecule has 11 N–H and O–H groups in total. The molecule has 218 valence electrons. The van der Waals surface area contributed by atoms with Crippen LogP contribution in [0.25, 0.3) is 0 Å². The summed E-state index contributed by atoms with van der Waals surface area (Å²) in [4.78, 5) is 0. The Morgan fingerprint density at radius 1 is 0.351 bits per heavy atom. The van der Waals surface area contributed by atoms with Crippen molar-refractivity contribution < 1.29 is 202 Å². The summed E-state index contributed by atoms with van der Waals surface area (Å²) >= 11 is 0. The van der Waals surface area contributed by atoms with Gasteiger partial charge in [-0.1, -0.05) is 0 Å². The Hall–Kier alpha value is 2.06. The van der Waals surface area contributed by atoms with E-state index in [1.54, 1.807) is 0 Å². The van der Waals surface area contributed by atoms with Gasteiger partial charge in [0.25, 0.3) is 0 Å². The summed E-state index contributed by atoms with van der Waals surface area (Å²) in [5.74, 6) is 0. The van der Waals surface area contributed by atoms with E-state index in [1.807, 2.05) is 0 Å². The third-order valence-corrected chi connectivity index (χ3v) is 2.51. The quantitative estimate of drug-likeness (QED) is 0.0514. The summed E-state index contributed by atoms with van der Waals surface area (Å²) in [5.41, 5.74) is 2.37. The normalized spacial score (nSPS) is 11.8. The fourth-order valence-corrected chi connectivity index (χ4v) is 1.15. The van der Waals surface area contributed by atoms with Crippen LogP contribution in [-0.4, -0.2) is 83.3 Å². The molecule has 0 aromatic carbocycles. The van der Waals surface area contributed by atoms with Gasteiger partial charge in [-0.15, -0.1) is 25.7 Å². The Balaban J connectivity index is -0.0000000388. The first kappa shape index (κ1) is 55.0. The molecule has 37 heavy (non-hydrogen) atoms. The van der Waals surface area contributed by atoms with E-state index in [4.69, 9.17) is 27.3 Å². The molecule has 0 aliphatic heterocycles. The summed E-state index contributed by atoms with van der Waals surface area (Å²) in [5, 5.41) is 0. The van der Waals surface area contributed by atoms with Gasteiger partial charge in [0.1, 0.15) is 0 Å². The fraction of sp³-hybridized carbons (Fsp3) is 0. The Labute approximate surface area is 278 Å². The molecule has 0 saturated carbocycles. The van der Waals surface area contributed by atoms with E-state index < -0.39 is 62.4 Å². The Morgan fingerprint density at radius 3 is 0.486 bits per heavy atom. The molecule has 0 saturated heterocycles. The largest absolute Gasteiger partial charge is 1.00 e. The molecule has 0 atom stereocenters. The van der Waals surface area contributed by atoms with Crippen molar-refractivity contribution >= 4 is 62.4 Å². The van der Waals surface area contributed by atoms with E-state index in [1.165, 1.54) is 0 Å². The molecule has 0 amide bonds. The minimum Gasteiger partial charge on any atom is -1.00 e. The molecule has 0 radical (unpaired) electrons. The monoisotopic (exact) mass is 717 g/mol. The first-order valence-corrected chi connectivity index (χ1v) is 13.5. The standard InChI is InChI=1S/3H3NO8S2.3Na.H2O.3H/c3*2-10(3,4)8-1-9-11(5,6)7;;;;;;;/h3*1H,(H,2,3,4)(H,5,6,7);;;;1H2;;;/q;;;3*+1;;3*-1. The molecule has 0 heterocycles. The molecular weight excluding hydrogens is 703 g/mol. The van der Waals surface area contributed by atoms with Gasteiger partial charge in [-0.05, 0) is 16.9 Å². The van der Waals surface area contributed by atoms with Gasteiger partial charge in [0.2, 0.25) is 0 Å². The van der Waals surface area contributed by atoms with Crippen molar-refractivity contribution in [2.24, 2.45) is 0 Å². The minimum atomic E-state index is -4.86. The van der Waals surface area contributed by atoms with Gasteiger partial charge in [-0.3, -0.25) is 27.3 Å². The maximum atomic E-state index is 9.63. The van der Waals surface area contributed by atoms with Crippen LogP contribution in [0.5, 0.6) is 0 Å². The van der Waals surface area contributed by atoms with Crippen LogP contribution in [0.15, 0.2) is 0 Å². The van der Waals surface area contributed by atoms with Gasteiger partial charge in [0.05, 0.1) is 0 Å².